The van der Waals surface area contributed by atoms with Gasteiger partial charge in [-0.25, -0.2) is 0 Å². The average molecular weight is 345 g/mol. The number of hydrogen-bond donors (Lipinski definition) is 1. The minimum atomic E-state index is 0.311. The van der Waals surface area contributed by atoms with E-state index >= 15 is 0 Å². The van der Waals surface area contributed by atoms with Gasteiger partial charge in [0.05, 0.1) is 5.71 Å². The second-order valence-electron chi connectivity index (χ2n) is 3.81. The number of amidine groups is 1. The van der Waals surface area contributed by atoms with Gasteiger partial charge < -0.3 is 5.73 Å². The minimum Gasteiger partial charge on any atom is -0.386 e. The fraction of sp³-hybridized carbons (Fsp3) is 0.273. The number of benzene rings is 1. The van der Waals surface area contributed by atoms with Crippen LogP contribution in [0.5, 0.6) is 0 Å². The monoisotopic (exact) mass is 343 g/mol. The minimum absolute atomic E-state index is 0.311. The van der Waals surface area contributed by atoms with E-state index in [9.17, 15) is 0 Å². The fourth-order valence-corrected chi connectivity index (χ4v) is 2.29. The molecule has 2 rings (SSSR count). The van der Waals surface area contributed by atoms with E-state index in [1.807, 2.05) is 18.2 Å². The van der Waals surface area contributed by atoms with Crippen LogP contribution in [0.15, 0.2) is 37.3 Å². The lowest BCUT2D eigenvalue weighted by Gasteiger charge is -2.17. The van der Waals surface area contributed by atoms with E-state index in [0.29, 0.717) is 11.8 Å². The third-order valence-corrected chi connectivity index (χ3v) is 4.36. The van der Waals surface area contributed by atoms with Crippen molar-refractivity contribution in [2.24, 2.45) is 21.9 Å². The van der Waals surface area contributed by atoms with Crippen LogP contribution in [0, 0.1) is 5.92 Å². The first-order valence-corrected chi connectivity index (χ1v) is 6.52. The molecule has 1 heterocycles. The lowest BCUT2D eigenvalue weighted by atomic mass is 9.94. The highest BCUT2D eigenvalue weighted by Gasteiger charge is 2.18. The highest BCUT2D eigenvalue weighted by atomic mass is 79.9. The Bertz CT molecular complexity index is 480. The Kier molecular flexibility index (Phi) is 3.44. The van der Waals surface area contributed by atoms with Crippen molar-refractivity contribution < 1.29 is 0 Å². The molecule has 0 radical (unpaired) electrons. The molecule has 1 aromatic rings. The molecule has 0 amide bonds. The largest absolute Gasteiger partial charge is 0.386 e. The van der Waals surface area contributed by atoms with Crippen LogP contribution in [0.2, 0.25) is 0 Å². The Balaban J connectivity index is 2.41. The van der Waals surface area contributed by atoms with Crippen LogP contribution in [0.4, 0.5) is 0 Å². The number of hydrogen-bond acceptors (Lipinski definition) is 3. The van der Waals surface area contributed by atoms with Crippen LogP contribution in [0.3, 0.4) is 0 Å². The van der Waals surface area contributed by atoms with Gasteiger partial charge in [-0.2, -0.15) is 5.10 Å². The van der Waals surface area contributed by atoms with Gasteiger partial charge >= 0.3 is 0 Å². The van der Waals surface area contributed by atoms with Crippen molar-refractivity contribution in [2.45, 2.75) is 13.3 Å². The molecule has 1 aliphatic heterocycles. The summed E-state index contributed by atoms with van der Waals surface area (Å²) in [5.41, 5.74) is 7.72. The summed E-state index contributed by atoms with van der Waals surface area (Å²) in [6.45, 7) is 2.11. The first-order chi connectivity index (χ1) is 7.58. The standard InChI is InChI=1S/C11H11Br2N3/c1-6-4-10(14)15-16-11(6)7-2-3-8(12)9(13)5-7/h2-3,5-6H,4H2,1H3,(H2,14,15). The van der Waals surface area contributed by atoms with Gasteiger partial charge in [0.1, 0.15) is 5.84 Å². The molecule has 1 atom stereocenters. The fourth-order valence-electron chi connectivity index (χ4n) is 1.67. The van der Waals surface area contributed by atoms with Gasteiger partial charge in [-0.1, -0.05) is 13.0 Å². The van der Waals surface area contributed by atoms with E-state index in [4.69, 9.17) is 5.73 Å². The predicted molar refractivity (Wildman–Crippen MR) is 73.8 cm³/mol. The number of nitrogens with two attached hydrogens (primary N) is 1. The van der Waals surface area contributed by atoms with Gasteiger partial charge in [0.15, 0.2) is 0 Å². The van der Waals surface area contributed by atoms with Crippen LogP contribution >= 0.6 is 31.9 Å². The number of nitrogens with zero attached hydrogens (tertiary/aromatic N) is 2. The summed E-state index contributed by atoms with van der Waals surface area (Å²) in [4.78, 5) is 0. The third kappa shape index (κ3) is 2.35. The summed E-state index contributed by atoms with van der Waals surface area (Å²) < 4.78 is 2.05. The third-order valence-electron chi connectivity index (χ3n) is 2.48. The molecule has 0 fully saturated rings. The molecule has 84 valence electrons. The quantitative estimate of drug-likeness (QED) is 0.834. The number of halogens is 2. The molecule has 0 aliphatic carbocycles. The normalized spacial score (nSPS) is 20.3. The Hall–Kier alpha value is -0.680. The van der Waals surface area contributed by atoms with E-state index in [2.05, 4.69) is 49.0 Å². The summed E-state index contributed by atoms with van der Waals surface area (Å²) in [5, 5.41) is 8.12. The molecule has 16 heavy (non-hydrogen) atoms. The average Bonchev–Trinajstić information content (AvgIpc) is 2.22. The van der Waals surface area contributed by atoms with Gasteiger partial charge in [-0.3, -0.25) is 0 Å². The van der Waals surface area contributed by atoms with Gasteiger partial charge in [-0.15, -0.1) is 5.10 Å². The van der Waals surface area contributed by atoms with Crippen molar-refractivity contribution in [1.29, 1.82) is 0 Å². The zero-order valence-electron chi connectivity index (χ0n) is 8.74. The summed E-state index contributed by atoms with van der Waals surface area (Å²) in [6, 6.07) is 6.06. The van der Waals surface area contributed by atoms with E-state index in [1.165, 1.54) is 0 Å². The Labute approximate surface area is 111 Å². The Morgan fingerprint density at radius 1 is 1.25 bits per heavy atom. The highest BCUT2D eigenvalue weighted by molar-refractivity contribution is 9.13. The summed E-state index contributed by atoms with van der Waals surface area (Å²) in [7, 11) is 0. The molecule has 0 bridgehead atoms. The molecule has 1 aliphatic rings. The molecule has 0 aromatic heterocycles. The van der Waals surface area contributed by atoms with Crippen molar-refractivity contribution >= 4 is 43.4 Å². The molecule has 1 aromatic carbocycles. The predicted octanol–water partition coefficient (Wildman–Crippen LogP) is 3.31. The van der Waals surface area contributed by atoms with E-state index in [0.717, 1.165) is 26.6 Å². The van der Waals surface area contributed by atoms with Crippen molar-refractivity contribution in [2.75, 3.05) is 0 Å². The van der Waals surface area contributed by atoms with E-state index in [1.54, 1.807) is 0 Å². The van der Waals surface area contributed by atoms with Gasteiger partial charge in [0.2, 0.25) is 0 Å². The molecule has 0 saturated carbocycles. The van der Waals surface area contributed by atoms with Crippen LogP contribution in [-0.4, -0.2) is 11.5 Å². The highest BCUT2D eigenvalue weighted by Crippen LogP contribution is 2.26. The molecule has 1 unspecified atom stereocenters. The molecule has 2 N–H and O–H groups in total. The maximum absolute atomic E-state index is 5.65. The number of rotatable bonds is 1. The van der Waals surface area contributed by atoms with Gasteiger partial charge in [0, 0.05) is 21.3 Å². The maximum Gasteiger partial charge on any atom is 0.123 e. The van der Waals surface area contributed by atoms with E-state index in [-0.39, 0.29) is 0 Å². The molecular formula is C11H11Br2N3. The summed E-state index contributed by atoms with van der Waals surface area (Å²) in [5.74, 6) is 0.915. The van der Waals surface area contributed by atoms with Crippen LogP contribution in [0.1, 0.15) is 18.9 Å². The summed E-state index contributed by atoms with van der Waals surface area (Å²) in [6.07, 6.45) is 0.770. The molecular weight excluding hydrogens is 334 g/mol. The van der Waals surface area contributed by atoms with E-state index < -0.39 is 0 Å². The SMILES string of the molecule is CC1CC(N)=NN=C1c1ccc(Br)c(Br)c1. The van der Waals surface area contributed by atoms with Gasteiger partial charge in [0.25, 0.3) is 0 Å². The Morgan fingerprint density at radius 2 is 2.00 bits per heavy atom. The van der Waals surface area contributed by atoms with Crippen LogP contribution in [-0.2, 0) is 0 Å². The Morgan fingerprint density at radius 3 is 2.62 bits per heavy atom. The second kappa shape index (κ2) is 4.67. The van der Waals surface area contributed by atoms with Crippen molar-refractivity contribution in [3.8, 4) is 0 Å². The van der Waals surface area contributed by atoms with Crippen LogP contribution < -0.4 is 5.73 Å². The zero-order valence-corrected chi connectivity index (χ0v) is 11.9. The second-order valence-corrected chi connectivity index (χ2v) is 5.52. The summed E-state index contributed by atoms with van der Waals surface area (Å²) >= 11 is 6.93. The topological polar surface area (TPSA) is 50.7 Å². The zero-order chi connectivity index (χ0) is 11.7. The molecule has 5 heteroatoms. The molecule has 0 saturated heterocycles. The van der Waals surface area contributed by atoms with Crippen LogP contribution in [0.25, 0.3) is 0 Å². The molecule has 0 spiro atoms. The lowest BCUT2D eigenvalue weighted by molar-refractivity contribution is 0.783. The lowest BCUT2D eigenvalue weighted by Crippen LogP contribution is -2.25. The first kappa shape index (κ1) is 11.8. The van der Waals surface area contributed by atoms with Gasteiger partial charge in [-0.05, 0) is 49.6 Å². The first-order valence-electron chi connectivity index (χ1n) is 4.93. The maximum atomic E-state index is 5.65. The smallest absolute Gasteiger partial charge is 0.123 e. The van der Waals surface area contributed by atoms with Crippen molar-refractivity contribution in [1.82, 2.24) is 0 Å². The van der Waals surface area contributed by atoms with Crippen molar-refractivity contribution in [3.05, 3.63) is 32.7 Å². The van der Waals surface area contributed by atoms with Crippen molar-refractivity contribution in [3.63, 3.8) is 0 Å². The molecule has 3 nitrogen and oxygen atoms in total.